The Balaban J connectivity index is 0.00000200. The van der Waals surface area contributed by atoms with E-state index in [9.17, 15) is 0 Å². The van der Waals surface area contributed by atoms with Crippen molar-refractivity contribution in [2.75, 3.05) is 20.1 Å². The van der Waals surface area contributed by atoms with Crippen LogP contribution in [0.25, 0.3) is 0 Å². The smallest absolute Gasteiger partial charge is 0.105 e. The summed E-state index contributed by atoms with van der Waals surface area (Å²) in [5, 5.41) is 0. The van der Waals surface area contributed by atoms with Crippen LogP contribution in [-0.2, 0) is 0 Å². The molecule has 0 spiro atoms. The first kappa shape index (κ1) is 18.2. The van der Waals surface area contributed by atoms with Crippen molar-refractivity contribution in [2.24, 2.45) is 5.41 Å². The van der Waals surface area contributed by atoms with E-state index in [1.165, 1.54) is 49.7 Å². The van der Waals surface area contributed by atoms with Crippen LogP contribution in [0.5, 0.6) is 0 Å². The molecule has 1 aliphatic carbocycles. The number of quaternary nitrogens is 1. The largest absolute Gasteiger partial charge is 1.00 e. The molecular formula is C18H32IN. The molecule has 2 rings (SSSR count). The van der Waals surface area contributed by atoms with Crippen LogP contribution in [0.15, 0.2) is 23.3 Å². The zero-order chi connectivity index (χ0) is 14.1. The summed E-state index contributed by atoms with van der Waals surface area (Å²) < 4.78 is 1.24. The Hall–Kier alpha value is 0.170. The number of hydrogen-bond acceptors (Lipinski definition) is 0. The van der Waals surface area contributed by atoms with Gasteiger partial charge in [-0.25, -0.2) is 0 Å². The summed E-state index contributed by atoms with van der Waals surface area (Å²) >= 11 is 0. The summed E-state index contributed by atoms with van der Waals surface area (Å²) in [4.78, 5) is 0. The third kappa shape index (κ3) is 3.88. The minimum atomic E-state index is 0. The van der Waals surface area contributed by atoms with Crippen molar-refractivity contribution in [3.05, 3.63) is 23.3 Å². The summed E-state index contributed by atoms with van der Waals surface area (Å²) in [6, 6.07) is 0.653. The molecule has 0 radical (unpaired) electrons. The Kier molecular flexibility index (Phi) is 6.33. The van der Waals surface area contributed by atoms with Crippen LogP contribution in [0.1, 0.15) is 59.8 Å². The van der Waals surface area contributed by atoms with E-state index in [1.807, 2.05) is 0 Å². The molecule has 1 nitrogen and oxygen atoms in total. The molecule has 1 saturated heterocycles. The van der Waals surface area contributed by atoms with Crippen LogP contribution in [0.4, 0.5) is 0 Å². The highest BCUT2D eigenvalue weighted by Crippen LogP contribution is 2.40. The molecule has 1 atom stereocenters. The van der Waals surface area contributed by atoms with Gasteiger partial charge < -0.3 is 28.5 Å². The average Bonchev–Trinajstić information content (AvgIpc) is 2.76. The highest BCUT2D eigenvalue weighted by Gasteiger charge is 2.32. The topological polar surface area (TPSA) is 0 Å². The molecule has 1 unspecified atom stereocenters. The summed E-state index contributed by atoms with van der Waals surface area (Å²) in [6.07, 6.45) is 11.7. The van der Waals surface area contributed by atoms with Crippen molar-refractivity contribution in [2.45, 2.75) is 65.8 Å². The molecule has 1 heterocycles. The van der Waals surface area contributed by atoms with Crippen LogP contribution >= 0.6 is 0 Å². The van der Waals surface area contributed by atoms with Crippen LogP contribution in [0, 0.1) is 5.41 Å². The van der Waals surface area contributed by atoms with Crippen LogP contribution < -0.4 is 24.0 Å². The Bertz CT molecular complexity index is 386. The third-order valence-electron chi connectivity index (χ3n) is 5.65. The number of allylic oxidation sites excluding steroid dienone is 3. The van der Waals surface area contributed by atoms with E-state index in [0.717, 1.165) is 0 Å². The van der Waals surface area contributed by atoms with Crippen molar-refractivity contribution < 1.29 is 28.5 Å². The van der Waals surface area contributed by atoms with E-state index < -0.39 is 0 Å². The van der Waals surface area contributed by atoms with E-state index in [-0.39, 0.29) is 24.0 Å². The quantitative estimate of drug-likeness (QED) is 0.509. The SMILES string of the molecule is CC1=C(/C=C/C(C)[N+]2(C)CCCC2)C(C)(C)CCC1.[I-]. The second-order valence-corrected chi connectivity index (χ2v) is 7.66. The number of likely N-dealkylation sites (tertiary alicyclic amines) is 1. The van der Waals surface area contributed by atoms with Gasteiger partial charge in [-0.2, -0.15) is 0 Å². The fourth-order valence-electron chi connectivity index (χ4n) is 3.92. The van der Waals surface area contributed by atoms with Gasteiger partial charge in [-0.3, -0.25) is 0 Å². The Morgan fingerprint density at radius 2 is 1.75 bits per heavy atom. The molecule has 0 amide bonds. The van der Waals surface area contributed by atoms with Gasteiger partial charge in [0.05, 0.1) is 20.1 Å². The zero-order valence-corrected chi connectivity index (χ0v) is 16.2. The third-order valence-corrected chi connectivity index (χ3v) is 5.65. The van der Waals surface area contributed by atoms with Crippen LogP contribution in [-0.4, -0.2) is 30.7 Å². The Labute approximate surface area is 143 Å². The van der Waals surface area contributed by atoms with E-state index >= 15 is 0 Å². The first-order chi connectivity index (χ1) is 8.85. The molecule has 1 aliphatic heterocycles. The van der Waals surface area contributed by atoms with Crippen molar-refractivity contribution in [3.63, 3.8) is 0 Å². The number of hydrogen-bond donors (Lipinski definition) is 0. The van der Waals surface area contributed by atoms with Crippen LogP contribution in [0.3, 0.4) is 0 Å². The lowest BCUT2D eigenvalue weighted by Gasteiger charge is -2.36. The standard InChI is InChI=1S/C18H32N.HI/c1-15-9-8-12-18(3,4)17(15)11-10-16(2)19(5)13-6-7-14-19;/h10-11,16H,6-9,12-14H2,1-5H3;1H/q+1;/p-1/b11-10+;. The molecule has 0 aromatic heterocycles. The number of halogens is 1. The molecule has 0 aromatic carbocycles. The molecule has 1 fully saturated rings. The second kappa shape index (κ2) is 6.95. The van der Waals surface area contributed by atoms with E-state index in [0.29, 0.717) is 11.5 Å². The number of likely N-dealkylation sites (N-methyl/N-ethyl adjacent to an activating group) is 1. The fraction of sp³-hybridized carbons (Fsp3) is 0.778. The summed E-state index contributed by atoms with van der Waals surface area (Å²) in [5.41, 5.74) is 3.60. The summed E-state index contributed by atoms with van der Waals surface area (Å²) in [6.45, 7) is 12.3. The van der Waals surface area contributed by atoms with Crippen molar-refractivity contribution in [3.8, 4) is 0 Å². The molecule has 0 N–H and O–H groups in total. The van der Waals surface area contributed by atoms with Gasteiger partial charge in [0.1, 0.15) is 6.04 Å². The molecule has 0 saturated carbocycles. The van der Waals surface area contributed by atoms with Gasteiger partial charge in [0, 0.05) is 12.8 Å². The van der Waals surface area contributed by atoms with Gasteiger partial charge >= 0.3 is 0 Å². The van der Waals surface area contributed by atoms with E-state index in [2.05, 4.69) is 46.9 Å². The second-order valence-electron chi connectivity index (χ2n) is 7.66. The Morgan fingerprint density at radius 3 is 2.30 bits per heavy atom. The van der Waals surface area contributed by atoms with Gasteiger partial charge in [-0.15, -0.1) is 0 Å². The molecular weight excluding hydrogens is 357 g/mol. The first-order valence-electron chi connectivity index (χ1n) is 8.08. The summed E-state index contributed by atoms with van der Waals surface area (Å²) in [5.74, 6) is 0. The predicted octanol–water partition coefficient (Wildman–Crippen LogP) is 1.70. The highest BCUT2D eigenvalue weighted by atomic mass is 127. The zero-order valence-electron chi connectivity index (χ0n) is 14.0. The molecule has 116 valence electrons. The maximum absolute atomic E-state index is 2.48. The lowest BCUT2D eigenvalue weighted by Crippen LogP contribution is -3.00. The molecule has 2 aliphatic rings. The van der Waals surface area contributed by atoms with Gasteiger partial charge in [0.2, 0.25) is 0 Å². The minimum absolute atomic E-state index is 0. The van der Waals surface area contributed by atoms with E-state index in [4.69, 9.17) is 0 Å². The highest BCUT2D eigenvalue weighted by molar-refractivity contribution is 5.32. The minimum Gasteiger partial charge on any atom is -1.00 e. The Morgan fingerprint density at radius 1 is 1.15 bits per heavy atom. The van der Waals surface area contributed by atoms with Gasteiger partial charge in [-0.05, 0) is 50.2 Å². The predicted molar refractivity (Wildman–Crippen MR) is 84.1 cm³/mol. The van der Waals surface area contributed by atoms with Crippen LogP contribution in [0.2, 0.25) is 0 Å². The molecule has 0 bridgehead atoms. The van der Waals surface area contributed by atoms with Gasteiger partial charge in [0.25, 0.3) is 0 Å². The molecule has 0 aromatic rings. The lowest BCUT2D eigenvalue weighted by atomic mass is 9.72. The molecule has 20 heavy (non-hydrogen) atoms. The fourth-order valence-corrected chi connectivity index (χ4v) is 3.92. The number of nitrogens with zero attached hydrogens (tertiary/aromatic N) is 1. The number of rotatable bonds is 3. The van der Waals surface area contributed by atoms with Crippen molar-refractivity contribution >= 4 is 0 Å². The maximum Gasteiger partial charge on any atom is 0.105 e. The molecule has 2 heteroatoms. The lowest BCUT2D eigenvalue weighted by molar-refractivity contribution is -0.913. The van der Waals surface area contributed by atoms with Gasteiger partial charge in [0.15, 0.2) is 0 Å². The first-order valence-corrected chi connectivity index (χ1v) is 8.08. The normalized spacial score (nSPS) is 26.6. The van der Waals surface area contributed by atoms with Crippen molar-refractivity contribution in [1.82, 2.24) is 0 Å². The summed E-state index contributed by atoms with van der Waals surface area (Å²) in [7, 11) is 2.43. The van der Waals surface area contributed by atoms with Crippen molar-refractivity contribution in [1.29, 1.82) is 0 Å². The van der Waals surface area contributed by atoms with Gasteiger partial charge in [-0.1, -0.05) is 25.5 Å². The maximum atomic E-state index is 2.48. The average molecular weight is 389 g/mol. The monoisotopic (exact) mass is 389 g/mol. The van der Waals surface area contributed by atoms with E-state index in [1.54, 1.807) is 11.1 Å².